The summed E-state index contributed by atoms with van der Waals surface area (Å²) in [5, 5.41) is 4.69. The Morgan fingerprint density at radius 2 is 1.95 bits per heavy atom. The molecule has 1 aromatic carbocycles. The Morgan fingerprint density at radius 3 is 2.55 bits per heavy atom. The quantitative estimate of drug-likeness (QED) is 0.689. The van der Waals surface area contributed by atoms with Crippen LogP contribution in [0, 0.1) is 0 Å². The van der Waals surface area contributed by atoms with Crippen LogP contribution in [0.3, 0.4) is 0 Å². The van der Waals surface area contributed by atoms with E-state index in [0.717, 1.165) is 6.92 Å². The summed E-state index contributed by atoms with van der Waals surface area (Å²) in [5.41, 5.74) is -0.0792. The minimum Gasteiger partial charge on any atom is -0.426 e. The number of esters is 1. The van der Waals surface area contributed by atoms with Gasteiger partial charge in [0.05, 0.1) is 5.56 Å². The second kappa shape index (κ2) is 5.84. The number of alkyl halides is 3. The fourth-order valence-electron chi connectivity index (χ4n) is 1.45. The molecule has 0 unspecified atom stereocenters. The number of carbonyl (C=O) groups excluding carboxylic acids is 2. The Bertz CT molecular complexity index is 712. The summed E-state index contributed by atoms with van der Waals surface area (Å²) in [6.07, 6.45) is -4.79. The number of rotatable bonds is 3. The number of carbonyl (C=O) groups is 2. The summed E-state index contributed by atoms with van der Waals surface area (Å²) in [6, 6.07) is 4.94. The van der Waals surface area contributed by atoms with Crippen molar-refractivity contribution in [2.45, 2.75) is 13.1 Å². The van der Waals surface area contributed by atoms with Gasteiger partial charge in [-0.1, -0.05) is 12.1 Å². The van der Waals surface area contributed by atoms with Crippen LogP contribution in [0.4, 0.5) is 19.2 Å². The molecule has 1 N–H and O–H groups in total. The number of halogens is 3. The van der Waals surface area contributed by atoms with Gasteiger partial charge in [0.15, 0.2) is 0 Å². The molecule has 22 heavy (non-hydrogen) atoms. The molecule has 0 atom stereocenters. The molecule has 0 saturated heterocycles. The van der Waals surface area contributed by atoms with E-state index < -0.39 is 29.9 Å². The van der Waals surface area contributed by atoms with Gasteiger partial charge < -0.3 is 9.26 Å². The normalized spacial score (nSPS) is 11.1. The van der Waals surface area contributed by atoms with Crippen molar-refractivity contribution in [3.05, 3.63) is 35.7 Å². The highest BCUT2D eigenvalue weighted by molar-refractivity contribution is 6.05. The highest BCUT2D eigenvalue weighted by Gasteiger charge is 2.37. The minimum atomic E-state index is -4.79. The molecule has 0 saturated carbocycles. The lowest BCUT2D eigenvalue weighted by molar-refractivity contribution is -0.146. The lowest BCUT2D eigenvalue weighted by Gasteiger charge is -2.07. The molecular weight excluding hydrogens is 307 g/mol. The van der Waals surface area contributed by atoms with Crippen LogP contribution in [0.1, 0.15) is 23.1 Å². The van der Waals surface area contributed by atoms with Crippen molar-refractivity contribution >= 4 is 17.9 Å². The number of hydrogen-bond acceptors (Lipinski definition) is 6. The van der Waals surface area contributed by atoms with Crippen LogP contribution in [0.5, 0.6) is 5.75 Å². The molecule has 2 aromatic rings. The van der Waals surface area contributed by atoms with Crippen molar-refractivity contribution in [3.63, 3.8) is 0 Å². The fourth-order valence-corrected chi connectivity index (χ4v) is 1.45. The van der Waals surface area contributed by atoms with Gasteiger partial charge >= 0.3 is 18.2 Å². The number of anilines is 1. The maximum Gasteiger partial charge on any atom is 0.455 e. The fraction of sp³-hybridized carbons (Fsp3) is 0.167. The molecule has 1 aromatic heterocycles. The monoisotopic (exact) mass is 315 g/mol. The number of aromatic nitrogens is 2. The third-order valence-corrected chi connectivity index (χ3v) is 2.29. The summed E-state index contributed by atoms with van der Waals surface area (Å²) in [5.74, 6) is -3.09. The standard InChI is InChI=1S/C12H8F3N3O4/c1-6(19)21-8-5-3-2-4-7(8)9(20)16-11-17-10(18-22-11)12(13,14)15/h2-5H,1H3,(H,16,17,18,20). The van der Waals surface area contributed by atoms with E-state index in [1.54, 1.807) is 0 Å². The molecule has 116 valence electrons. The summed E-state index contributed by atoms with van der Waals surface area (Å²) >= 11 is 0. The number of para-hydroxylation sites is 1. The van der Waals surface area contributed by atoms with Crippen molar-refractivity contribution in [1.29, 1.82) is 0 Å². The molecular formula is C12H8F3N3O4. The molecule has 7 nitrogen and oxygen atoms in total. The van der Waals surface area contributed by atoms with Gasteiger partial charge in [-0.2, -0.15) is 18.2 Å². The lowest BCUT2D eigenvalue weighted by Crippen LogP contribution is -2.15. The van der Waals surface area contributed by atoms with E-state index >= 15 is 0 Å². The number of nitrogens with one attached hydrogen (secondary N) is 1. The highest BCUT2D eigenvalue weighted by atomic mass is 19.4. The highest BCUT2D eigenvalue weighted by Crippen LogP contribution is 2.27. The molecule has 0 radical (unpaired) electrons. The van der Waals surface area contributed by atoms with Crippen LogP contribution < -0.4 is 10.1 Å². The van der Waals surface area contributed by atoms with Crippen LogP contribution >= 0.6 is 0 Å². The predicted molar refractivity (Wildman–Crippen MR) is 65.0 cm³/mol. The molecule has 0 spiro atoms. The van der Waals surface area contributed by atoms with Gasteiger partial charge in [0, 0.05) is 6.92 Å². The number of benzene rings is 1. The first kappa shape index (κ1) is 15.5. The Morgan fingerprint density at radius 1 is 1.27 bits per heavy atom. The zero-order valence-electron chi connectivity index (χ0n) is 11.0. The zero-order chi connectivity index (χ0) is 16.3. The largest absolute Gasteiger partial charge is 0.455 e. The molecule has 0 fully saturated rings. The minimum absolute atomic E-state index is 0.0527. The number of hydrogen-bond donors (Lipinski definition) is 1. The molecule has 10 heteroatoms. The van der Waals surface area contributed by atoms with Gasteiger partial charge in [0.1, 0.15) is 5.75 Å². The Hall–Kier alpha value is -2.91. The maximum atomic E-state index is 12.3. The van der Waals surface area contributed by atoms with E-state index in [9.17, 15) is 22.8 Å². The average molecular weight is 315 g/mol. The SMILES string of the molecule is CC(=O)Oc1ccccc1C(=O)Nc1nc(C(F)(F)F)no1. The molecule has 1 heterocycles. The van der Waals surface area contributed by atoms with E-state index in [2.05, 4.69) is 14.7 Å². The zero-order valence-corrected chi connectivity index (χ0v) is 11.0. The van der Waals surface area contributed by atoms with E-state index in [1.807, 2.05) is 5.32 Å². The van der Waals surface area contributed by atoms with Gasteiger partial charge in [-0.15, -0.1) is 0 Å². The van der Waals surface area contributed by atoms with Crippen LogP contribution in [-0.2, 0) is 11.0 Å². The van der Waals surface area contributed by atoms with E-state index in [-0.39, 0.29) is 11.3 Å². The Balaban J connectivity index is 2.19. The first-order valence-electron chi connectivity index (χ1n) is 5.77. The van der Waals surface area contributed by atoms with Crippen LogP contribution in [0.2, 0.25) is 0 Å². The van der Waals surface area contributed by atoms with E-state index in [1.165, 1.54) is 24.3 Å². The molecule has 2 rings (SSSR count). The second-order valence-corrected chi connectivity index (χ2v) is 3.96. The number of nitrogens with zero attached hydrogens (tertiary/aromatic N) is 2. The summed E-state index contributed by atoms with van der Waals surface area (Å²) < 4.78 is 46.0. The lowest BCUT2D eigenvalue weighted by atomic mass is 10.2. The van der Waals surface area contributed by atoms with Gasteiger partial charge in [0.2, 0.25) is 0 Å². The average Bonchev–Trinajstić information content (AvgIpc) is 2.87. The van der Waals surface area contributed by atoms with Crippen LogP contribution in [0.25, 0.3) is 0 Å². The third kappa shape index (κ3) is 3.59. The molecule has 0 aliphatic heterocycles. The Kier molecular flexibility index (Phi) is 4.11. The van der Waals surface area contributed by atoms with Crippen molar-refractivity contribution in [2.24, 2.45) is 0 Å². The van der Waals surface area contributed by atoms with Crippen molar-refractivity contribution < 1.29 is 32.0 Å². The van der Waals surface area contributed by atoms with Gasteiger partial charge in [-0.05, 0) is 17.3 Å². The molecule has 0 aliphatic rings. The smallest absolute Gasteiger partial charge is 0.426 e. The third-order valence-electron chi connectivity index (χ3n) is 2.29. The molecule has 0 bridgehead atoms. The van der Waals surface area contributed by atoms with Crippen LogP contribution in [-0.4, -0.2) is 22.0 Å². The second-order valence-electron chi connectivity index (χ2n) is 3.96. The summed E-state index contributed by atoms with van der Waals surface area (Å²) in [4.78, 5) is 25.9. The van der Waals surface area contributed by atoms with Gasteiger partial charge in [0.25, 0.3) is 11.7 Å². The number of amides is 1. The summed E-state index contributed by atoms with van der Waals surface area (Å²) in [6.45, 7) is 1.14. The van der Waals surface area contributed by atoms with E-state index in [0.29, 0.717) is 0 Å². The maximum absolute atomic E-state index is 12.3. The summed E-state index contributed by atoms with van der Waals surface area (Å²) in [7, 11) is 0. The van der Waals surface area contributed by atoms with Crippen molar-refractivity contribution in [1.82, 2.24) is 10.1 Å². The van der Waals surface area contributed by atoms with Gasteiger partial charge in [-0.25, -0.2) is 0 Å². The number of ether oxygens (including phenoxy) is 1. The first-order valence-corrected chi connectivity index (χ1v) is 5.77. The van der Waals surface area contributed by atoms with Gasteiger partial charge in [-0.3, -0.25) is 14.9 Å². The van der Waals surface area contributed by atoms with Crippen LogP contribution in [0.15, 0.2) is 28.8 Å². The topological polar surface area (TPSA) is 94.3 Å². The van der Waals surface area contributed by atoms with Crippen molar-refractivity contribution in [3.8, 4) is 5.75 Å². The Labute approximate surface area is 121 Å². The predicted octanol–water partition coefficient (Wildman–Crippen LogP) is 2.27. The molecule has 0 aliphatic carbocycles. The van der Waals surface area contributed by atoms with Crippen molar-refractivity contribution in [2.75, 3.05) is 5.32 Å². The molecule has 1 amide bonds. The van der Waals surface area contributed by atoms with E-state index in [4.69, 9.17) is 4.74 Å². The first-order chi connectivity index (χ1) is 10.3.